The fraction of sp³-hybridized carbons (Fsp3) is 0.167. The van der Waals surface area contributed by atoms with Crippen LogP contribution in [0.5, 0.6) is 11.5 Å². The number of benzene rings is 2. The maximum atomic E-state index is 13.0. The van der Waals surface area contributed by atoms with Crippen LogP contribution in [0.4, 0.5) is 8.78 Å². The Kier molecular flexibility index (Phi) is 7.17. The number of ether oxygens (including phenoxy) is 2. The Morgan fingerprint density at radius 3 is 2.47 bits per heavy atom. The molecule has 7 nitrogen and oxygen atoms in total. The monoisotopic (exact) mass is 482 g/mol. The summed E-state index contributed by atoms with van der Waals surface area (Å²) < 4.78 is 37.2. The van der Waals surface area contributed by atoms with E-state index in [1.54, 1.807) is 32.5 Å². The third-order valence-electron chi connectivity index (χ3n) is 4.89. The first-order valence-corrected chi connectivity index (χ1v) is 11.2. The zero-order valence-corrected chi connectivity index (χ0v) is 19.1. The van der Waals surface area contributed by atoms with Gasteiger partial charge in [-0.1, -0.05) is 23.4 Å². The molecule has 0 saturated carbocycles. The highest BCUT2D eigenvalue weighted by Gasteiger charge is 2.20. The lowest BCUT2D eigenvalue weighted by molar-refractivity contribution is -0.0501. The van der Waals surface area contributed by atoms with Crippen molar-refractivity contribution >= 4 is 17.5 Å². The summed E-state index contributed by atoms with van der Waals surface area (Å²) >= 11 is 1.15. The van der Waals surface area contributed by atoms with Crippen molar-refractivity contribution in [1.29, 1.82) is 0 Å². The summed E-state index contributed by atoms with van der Waals surface area (Å²) in [7, 11) is 1.58. The van der Waals surface area contributed by atoms with E-state index in [2.05, 4.69) is 19.9 Å². The number of carbonyl (C=O) groups is 1. The number of pyridine rings is 1. The molecule has 2 aromatic carbocycles. The molecule has 0 atom stereocenters. The number of rotatable bonds is 9. The van der Waals surface area contributed by atoms with E-state index in [4.69, 9.17) is 4.74 Å². The van der Waals surface area contributed by atoms with Crippen LogP contribution in [0.1, 0.15) is 15.9 Å². The highest BCUT2D eigenvalue weighted by atomic mass is 32.2. The first-order chi connectivity index (χ1) is 16.5. The lowest BCUT2D eigenvalue weighted by atomic mass is 10.1. The number of hydrogen-bond acceptors (Lipinski definition) is 7. The molecule has 2 heterocycles. The molecule has 34 heavy (non-hydrogen) atoms. The molecule has 0 aliphatic heterocycles. The van der Waals surface area contributed by atoms with Crippen molar-refractivity contribution in [3.05, 3.63) is 78.1 Å². The van der Waals surface area contributed by atoms with Gasteiger partial charge in [-0.2, -0.15) is 8.78 Å². The minimum absolute atomic E-state index is 0.0479. The molecular formula is C24H20F2N4O3S. The van der Waals surface area contributed by atoms with Crippen LogP contribution in [0.15, 0.2) is 72.1 Å². The highest BCUT2D eigenvalue weighted by Crippen LogP contribution is 2.30. The normalized spacial score (nSPS) is 11.0. The molecule has 0 radical (unpaired) electrons. The standard InChI is InChI=1S/C24H20F2N4O3S/c1-15-3-8-21(33-23(25)26)19(13-15)20(31)14-34-24-29-28-22(16-9-11-27-12-10-16)30(24)17-4-6-18(32-2)7-5-17/h3-13,23H,14H2,1-2H3. The van der Waals surface area contributed by atoms with E-state index >= 15 is 0 Å². The maximum Gasteiger partial charge on any atom is 0.387 e. The van der Waals surface area contributed by atoms with Crippen LogP contribution < -0.4 is 9.47 Å². The first kappa shape index (κ1) is 23.4. The number of hydrogen-bond donors (Lipinski definition) is 0. The number of methoxy groups -OCH3 is 1. The molecule has 0 saturated heterocycles. The van der Waals surface area contributed by atoms with Crippen molar-refractivity contribution < 1.29 is 23.0 Å². The summed E-state index contributed by atoms with van der Waals surface area (Å²) in [5, 5.41) is 9.08. The van der Waals surface area contributed by atoms with Crippen LogP contribution in [-0.4, -0.2) is 45.0 Å². The van der Waals surface area contributed by atoms with Gasteiger partial charge in [0.25, 0.3) is 0 Å². The number of carbonyl (C=O) groups excluding carboxylic acids is 1. The van der Waals surface area contributed by atoms with Gasteiger partial charge in [-0.15, -0.1) is 10.2 Å². The quantitative estimate of drug-likeness (QED) is 0.239. The summed E-state index contributed by atoms with van der Waals surface area (Å²) in [6.45, 7) is -1.25. The summed E-state index contributed by atoms with van der Waals surface area (Å²) in [4.78, 5) is 17.0. The number of Topliss-reactive ketones (excluding diaryl/α,β-unsaturated/α-hetero) is 1. The average Bonchev–Trinajstić information content (AvgIpc) is 3.28. The zero-order valence-electron chi connectivity index (χ0n) is 18.3. The van der Waals surface area contributed by atoms with Crippen LogP contribution >= 0.6 is 11.8 Å². The van der Waals surface area contributed by atoms with Gasteiger partial charge in [-0.25, -0.2) is 0 Å². The van der Waals surface area contributed by atoms with Crippen LogP contribution in [0.25, 0.3) is 17.1 Å². The van der Waals surface area contributed by atoms with E-state index in [9.17, 15) is 13.6 Å². The SMILES string of the molecule is COc1ccc(-n2c(SCC(=O)c3cc(C)ccc3OC(F)F)nnc2-c2ccncc2)cc1. The van der Waals surface area contributed by atoms with Crippen molar-refractivity contribution in [2.75, 3.05) is 12.9 Å². The number of aromatic nitrogens is 4. The second-order valence-electron chi connectivity index (χ2n) is 7.17. The molecule has 0 aliphatic rings. The van der Waals surface area contributed by atoms with E-state index in [0.29, 0.717) is 16.7 Å². The minimum atomic E-state index is -3.02. The second kappa shape index (κ2) is 10.4. The molecule has 0 fully saturated rings. The van der Waals surface area contributed by atoms with Crippen molar-refractivity contribution in [2.45, 2.75) is 18.7 Å². The molecule has 0 N–H and O–H groups in total. The van der Waals surface area contributed by atoms with Crippen LogP contribution in [0.3, 0.4) is 0 Å². The molecule has 10 heteroatoms. The lowest BCUT2D eigenvalue weighted by Crippen LogP contribution is -2.10. The third-order valence-corrected chi connectivity index (χ3v) is 5.82. The van der Waals surface area contributed by atoms with Crippen LogP contribution in [-0.2, 0) is 0 Å². The zero-order chi connectivity index (χ0) is 24.1. The molecular weight excluding hydrogens is 462 g/mol. The number of alkyl halides is 2. The van der Waals surface area contributed by atoms with Crippen molar-refractivity contribution in [1.82, 2.24) is 19.7 Å². The first-order valence-electron chi connectivity index (χ1n) is 10.2. The lowest BCUT2D eigenvalue weighted by Gasteiger charge is -2.12. The smallest absolute Gasteiger partial charge is 0.387 e. The predicted octanol–water partition coefficient (Wildman–Crippen LogP) is 5.22. The van der Waals surface area contributed by atoms with Gasteiger partial charge in [-0.3, -0.25) is 14.3 Å². The number of thioether (sulfide) groups is 1. The number of halogens is 2. The van der Waals surface area contributed by atoms with Crippen LogP contribution in [0, 0.1) is 6.92 Å². The van der Waals surface area contributed by atoms with Gasteiger partial charge in [0.05, 0.1) is 18.4 Å². The van der Waals surface area contributed by atoms with Gasteiger partial charge in [0.2, 0.25) is 0 Å². The highest BCUT2D eigenvalue weighted by molar-refractivity contribution is 7.99. The van der Waals surface area contributed by atoms with E-state index in [1.165, 1.54) is 12.1 Å². The molecule has 0 unspecified atom stereocenters. The van der Waals surface area contributed by atoms with E-state index in [1.807, 2.05) is 41.0 Å². The van der Waals surface area contributed by atoms with Gasteiger partial charge in [0, 0.05) is 23.6 Å². The summed E-state index contributed by atoms with van der Waals surface area (Å²) in [6.07, 6.45) is 3.31. The average molecular weight is 483 g/mol. The summed E-state index contributed by atoms with van der Waals surface area (Å²) in [5.74, 6) is 0.699. The van der Waals surface area contributed by atoms with Crippen molar-refractivity contribution in [3.63, 3.8) is 0 Å². The van der Waals surface area contributed by atoms with Gasteiger partial charge in [-0.05, 0) is 55.5 Å². The molecule has 0 aliphatic carbocycles. The Balaban J connectivity index is 1.66. The predicted molar refractivity (Wildman–Crippen MR) is 124 cm³/mol. The second-order valence-corrected chi connectivity index (χ2v) is 8.11. The third kappa shape index (κ3) is 5.23. The summed E-state index contributed by atoms with van der Waals surface area (Å²) in [6, 6.07) is 15.5. The molecule has 4 aromatic rings. The number of ketones is 1. The van der Waals surface area contributed by atoms with Gasteiger partial charge in [0.15, 0.2) is 16.8 Å². The fourth-order valence-corrected chi connectivity index (χ4v) is 4.12. The molecule has 2 aromatic heterocycles. The van der Waals surface area contributed by atoms with Gasteiger partial charge < -0.3 is 9.47 Å². The molecule has 0 bridgehead atoms. The molecule has 174 valence electrons. The van der Waals surface area contributed by atoms with Crippen LogP contribution in [0.2, 0.25) is 0 Å². The summed E-state index contributed by atoms with van der Waals surface area (Å²) in [5.41, 5.74) is 2.42. The van der Waals surface area contributed by atoms with E-state index in [-0.39, 0.29) is 22.8 Å². The maximum absolute atomic E-state index is 13.0. The molecule has 0 amide bonds. The Morgan fingerprint density at radius 2 is 1.79 bits per heavy atom. The fourth-order valence-electron chi connectivity index (χ4n) is 3.28. The Bertz CT molecular complexity index is 1280. The van der Waals surface area contributed by atoms with Gasteiger partial charge in [0.1, 0.15) is 11.5 Å². The minimum Gasteiger partial charge on any atom is -0.497 e. The molecule has 4 rings (SSSR count). The van der Waals surface area contributed by atoms with Crippen molar-refractivity contribution in [3.8, 4) is 28.6 Å². The van der Waals surface area contributed by atoms with Crippen molar-refractivity contribution in [2.24, 2.45) is 0 Å². The number of aryl methyl sites for hydroxylation is 1. The van der Waals surface area contributed by atoms with Gasteiger partial charge >= 0.3 is 6.61 Å². The topological polar surface area (TPSA) is 79.1 Å². The Morgan fingerprint density at radius 1 is 1.06 bits per heavy atom. The van der Waals surface area contributed by atoms with E-state index in [0.717, 1.165) is 28.6 Å². The van der Waals surface area contributed by atoms with E-state index < -0.39 is 6.61 Å². The largest absolute Gasteiger partial charge is 0.497 e. The Hall–Kier alpha value is -3.79. The Labute approximate surface area is 198 Å². The number of nitrogens with zero attached hydrogens (tertiary/aromatic N) is 4. The molecule has 0 spiro atoms.